The summed E-state index contributed by atoms with van der Waals surface area (Å²) >= 11 is 0. The number of carbonyl (C=O) groups excluding carboxylic acids is 1. The largest absolute Gasteiger partial charge is 0.326 e. The first kappa shape index (κ1) is 21.5. The second kappa shape index (κ2) is 8.76. The second-order valence-corrected chi connectivity index (χ2v) is 10.1. The molecule has 0 atom stereocenters. The molecule has 0 bridgehead atoms. The van der Waals surface area contributed by atoms with E-state index in [9.17, 15) is 23.3 Å². The fourth-order valence-corrected chi connectivity index (χ4v) is 5.84. The van der Waals surface area contributed by atoms with Gasteiger partial charge in [-0.25, -0.2) is 8.42 Å². The number of sulfonamides is 1. The molecule has 1 N–H and O–H groups in total. The average molecular weight is 444 g/mol. The minimum atomic E-state index is -3.59. The van der Waals surface area contributed by atoms with Gasteiger partial charge in [0, 0.05) is 36.8 Å². The van der Waals surface area contributed by atoms with Crippen LogP contribution in [0.1, 0.15) is 36.8 Å². The van der Waals surface area contributed by atoms with Crippen molar-refractivity contribution in [3.05, 3.63) is 63.7 Å². The minimum absolute atomic E-state index is 0.0937. The van der Waals surface area contributed by atoms with Crippen molar-refractivity contribution in [1.82, 2.24) is 4.31 Å². The van der Waals surface area contributed by atoms with Gasteiger partial charge in [-0.2, -0.15) is 4.31 Å². The third-order valence-electron chi connectivity index (χ3n) is 6.11. The zero-order valence-electron chi connectivity index (χ0n) is 17.1. The second-order valence-electron chi connectivity index (χ2n) is 8.11. The highest BCUT2D eigenvalue weighted by Gasteiger charge is 2.32. The molecule has 8 nitrogen and oxygen atoms in total. The molecule has 2 aliphatic rings. The van der Waals surface area contributed by atoms with E-state index in [0.717, 1.165) is 31.2 Å². The van der Waals surface area contributed by atoms with Crippen LogP contribution < -0.4 is 5.32 Å². The van der Waals surface area contributed by atoms with E-state index in [-0.39, 0.29) is 30.6 Å². The summed E-state index contributed by atoms with van der Waals surface area (Å²) < 4.78 is 27.7. The van der Waals surface area contributed by atoms with Crippen LogP contribution in [0.2, 0.25) is 0 Å². The molecule has 0 saturated carbocycles. The molecular formula is C22H25N3O5S. The SMILES string of the molecule is O=C(Nc1cccc([N+](=O)[O-])c1)C1CCN(S(=O)(=O)c2ccc3c(c2)CCCC3)CC1. The monoisotopic (exact) mass is 443 g/mol. The third-order valence-corrected chi connectivity index (χ3v) is 8.00. The van der Waals surface area contributed by atoms with E-state index in [1.54, 1.807) is 12.1 Å². The van der Waals surface area contributed by atoms with E-state index in [1.807, 2.05) is 12.1 Å². The molecule has 1 fully saturated rings. The lowest BCUT2D eigenvalue weighted by atomic mass is 9.92. The maximum absolute atomic E-state index is 13.1. The van der Waals surface area contributed by atoms with Gasteiger partial charge in [0.15, 0.2) is 0 Å². The first-order valence-electron chi connectivity index (χ1n) is 10.5. The van der Waals surface area contributed by atoms with E-state index in [4.69, 9.17) is 0 Å². The predicted molar refractivity (Wildman–Crippen MR) is 116 cm³/mol. The standard InChI is InChI=1S/C22H25N3O5S/c26-22(23-19-6-3-7-20(15-19)25(27)28)17-10-12-24(13-11-17)31(29,30)21-9-8-16-4-1-2-5-18(16)14-21/h3,6-9,14-15,17H,1-2,4-5,10-13H2,(H,23,26). The summed E-state index contributed by atoms with van der Waals surface area (Å²) in [7, 11) is -3.59. The highest BCUT2D eigenvalue weighted by molar-refractivity contribution is 7.89. The molecule has 0 spiro atoms. The number of anilines is 1. The molecule has 2 aromatic rings. The van der Waals surface area contributed by atoms with Gasteiger partial charge in [0.25, 0.3) is 5.69 Å². The van der Waals surface area contributed by atoms with Crippen LogP contribution in [0.3, 0.4) is 0 Å². The quantitative estimate of drug-likeness (QED) is 0.562. The van der Waals surface area contributed by atoms with E-state index < -0.39 is 14.9 Å². The molecule has 4 rings (SSSR count). The van der Waals surface area contributed by atoms with Gasteiger partial charge in [0.2, 0.25) is 15.9 Å². The lowest BCUT2D eigenvalue weighted by Gasteiger charge is -2.31. The maximum Gasteiger partial charge on any atom is 0.271 e. The van der Waals surface area contributed by atoms with Gasteiger partial charge in [0.1, 0.15) is 0 Å². The number of fused-ring (bicyclic) bond motifs is 1. The first-order valence-corrected chi connectivity index (χ1v) is 12.0. The molecule has 0 radical (unpaired) electrons. The molecule has 1 aliphatic heterocycles. The number of amides is 1. The molecule has 31 heavy (non-hydrogen) atoms. The molecular weight excluding hydrogens is 418 g/mol. The Bertz CT molecular complexity index is 1110. The van der Waals surface area contributed by atoms with Crippen molar-refractivity contribution >= 4 is 27.3 Å². The third kappa shape index (κ3) is 4.62. The van der Waals surface area contributed by atoms with Crippen LogP contribution in [0.25, 0.3) is 0 Å². The van der Waals surface area contributed by atoms with Gasteiger partial charge < -0.3 is 5.32 Å². The van der Waals surface area contributed by atoms with Gasteiger partial charge >= 0.3 is 0 Å². The molecule has 9 heteroatoms. The van der Waals surface area contributed by atoms with Crippen LogP contribution in [-0.4, -0.2) is 36.6 Å². The van der Waals surface area contributed by atoms with Crippen molar-refractivity contribution in [2.24, 2.45) is 5.92 Å². The number of aryl methyl sites for hydroxylation is 2. The van der Waals surface area contributed by atoms with Crippen LogP contribution in [0.5, 0.6) is 0 Å². The minimum Gasteiger partial charge on any atom is -0.326 e. The molecule has 0 aromatic heterocycles. The van der Waals surface area contributed by atoms with E-state index in [1.165, 1.54) is 28.1 Å². The number of non-ortho nitro benzene ring substituents is 1. The smallest absolute Gasteiger partial charge is 0.271 e. The Balaban J connectivity index is 1.39. The highest BCUT2D eigenvalue weighted by Crippen LogP contribution is 2.29. The number of nitrogens with zero attached hydrogens (tertiary/aromatic N) is 2. The lowest BCUT2D eigenvalue weighted by Crippen LogP contribution is -2.41. The Kier molecular flexibility index (Phi) is 6.06. The average Bonchev–Trinajstić information content (AvgIpc) is 2.79. The summed E-state index contributed by atoms with van der Waals surface area (Å²) in [6.07, 6.45) is 4.96. The Morgan fingerprint density at radius 1 is 1.03 bits per heavy atom. The number of hydrogen-bond donors (Lipinski definition) is 1. The maximum atomic E-state index is 13.1. The van der Waals surface area contributed by atoms with Gasteiger partial charge in [-0.3, -0.25) is 14.9 Å². The molecule has 1 heterocycles. The van der Waals surface area contributed by atoms with Crippen molar-refractivity contribution in [1.29, 1.82) is 0 Å². The molecule has 1 aliphatic carbocycles. The van der Waals surface area contributed by atoms with Gasteiger partial charge in [-0.05, 0) is 67.9 Å². The van der Waals surface area contributed by atoms with Crippen LogP contribution in [0.4, 0.5) is 11.4 Å². The number of carbonyl (C=O) groups is 1. The normalized spacial score (nSPS) is 17.7. The first-order chi connectivity index (χ1) is 14.8. The highest BCUT2D eigenvalue weighted by atomic mass is 32.2. The summed E-state index contributed by atoms with van der Waals surface area (Å²) in [6, 6.07) is 11.2. The van der Waals surface area contributed by atoms with Crippen LogP contribution in [0.15, 0.2) is 47.4 Å². The Hall–Kier alpha value is -2.78. The zero-order valence-corrected chi connectivity index (χ0v) is 17.9. The van der Waals surface area contributed by atoms with E-state index in [0.29, 0.717) is 23.4 Å². The van der Waals surface area contributed by atoms with Gasteiger partial charge in [-0.1, -0.05) is 12.1 Å². The summed E-state index contributed by atoms with van der Waals surface area (Å²) in [4.78, 5) is 23.3. The van der Waals surface area contributed by atoms with Gasteiger partial charge in [0.05, 0.1) is 9.82 Å². The number of nitro groups is 1. The Labute approximate surface area is 181 Å². The van der Waals surface area contributed by atoms with Crippen LogP contribution in [-0.2, 0) is 27.7 Å². The molecule has 1 amide bonds. The summed E-state index contributed by atoms with van der Waals surface area (Å²) in [5, 5.41) is 13.6. The molecule has 164 valence electrons. The van der Waals surface area contributed by atoms with E-state index in [2.05, 4.69) is 5.32 Å². The number of hydrogen-bond acceptors (Lipinski definition) is 5. The van der Waals surface area contributed by atoms with Crippen LogP contribution >= 0.6 is 0 Å². The van der Waals surface area contributed by atoms with Crippen molar-refractivity contribution in [2.75, 3.05) is 18.4 Å². The van der Waals surface area contributed by atoms with Crippen molar-refractivity contribution in [3.8, 4) is 0 Å². The summed E-state index contributed by atoms with van der Waals surface area (Å²) in [6.45, 7) is 0.541. The number of nitro benzene ring substituents is 1. The fraction of sp³-hybridized carbons (Fsp3) is 0.409. The molecule has 0 unspecified atom stereocenters. The lowest BCUT2D eigenvalue weighted by molar-refractivity contribution is -0.384. The summed E-state index contributed by atoms with van der Waals surface area (Å²) in [5.74, 6) is -0.583. The van der Waals surface area contributed by atoms with Crippen molar-refractivity contribution in [2.45, 2.75) is 43.4 Å². The number of rotatable bonds is 5. The number of benzene rings is 2. The molecule has 1 saturated heterocycles. The van der Waals surface area contributed by atoms with Crippen molar-refractivity contribution in [3.63, 3.8) is 0 Å². The Morgan fingerprint density at radius 2 is 1.74 bits per heavy atom. The summed E-state index contributed by atoms with van der Waals surface area (Å²) in [5.41, 5.74) is 2.63. The molecule has 2 aromatic carbocycles. The fourth-order valence-electron chi connectivity index (χ4n) is 4.32. The predicted octanol–water partition coefficient (Wildman–Crippen LogP) is 3.51. The zero-order chi connectivity index (χ0) is 22.0. The number of piperidine rings is 1. The van der Waals surface area contributed by atoms with Gasteiger partial charge in [-0.15, -0.1) is 0 Å². The van der Waals surface area contributed by atoms with E-state index >= 15 is 0 Å². The topological polar surface area (TPSA) is 110 Å². The van der Waals surface area contributed by atoms with Crippen molar-refractivity contribution < 1.29 is 18.1 Å². The Morgan fingerprint density at radius 3 is 2.45 bits per heavy atom. The van der Waals surface area contributed by atoms with Crippen LogP contribution in [0, 0.1) is 16.0 Å². The number of nitrogens with one attached hydrogen (secondary N) is 1.